The molecule has 0 aliphatic carbocycles. The number of carbonyl (C=O) groups excluding carboxylic acids is 2. The SMILES string of the molecule is C=Cc1cc(C(=O)OC)c(CCC(F)(F)C(F)(F)C(F)(F)C(F)(F)C(F)(F)C(F)(F)F)cc1C(=O)OC. The molecule has 0 spiro atoms. The number of alkyl halides is 13. The Balaban J connectivity index is 3.57. The molecule has 210 valence electrons. The van der Waals surface area contributed by atoms with Crippen molar-refractivity contribution in [3.05, 3.63) is 41.0 Å². The number of esters is 2. The molecule has 0 fully saturated rings. The second kappa shape index (κ2) is 10.0. The highest BCUT2D eigenvalue weighted by molar-refractivity contribution is 5.98. The largest absolute Gasteiger partial charge is 0.465 e. The van der Waals surface area contributed by atoms with Crippen molar-refractivity contribution < 1.29 is 76.1 Å². The number of hydrogen-bond donors (Lipinski definition) is 0. The predicted molar refractivity (Wildman–Crippen MR) is 98.3 cm³/mol. The van der Waals surface area contributed by atoms with E-state index in [1.807, 2.05) is 0 Å². The van der Waals surface area contributed by atoms with Gasteiger partial charge in [0.25, 0.3) is 0 Å². The minimum absolute atomic E-state index is 0.186. The van der Waals surface area contributed by atoms with Crippen molar-refractivity contribution in [2.45, 2.75) is 48.6 Å². The standard InChI is InChI=1S/C20H15F13O4/c1-4-9-7-12(14(35)37-3)10(8-11(9)13(34)36-2)5-6-15(21,22)16(23,24)17(25,26)18(27,28)19(29,30)20(31,32)33/h4,7-8H,1,5-6H2,2-3H3. The van der Waals surface area contributed by atoms with E-state index in [2.05, 4.69) is 16.1 Å². The van der Waals surface area contributed by atoms with E-state index in [0.29, 0.717) is 6.07 Å². The lowest BCUT2D eigenvalue weighted by molar-refractivity contribution is -0.440. The molecule has 0 aromatic heterocycles. The van der Waals surface area contributed by atoms with Crippen molar-refractivity contribution in [2.24, 2.45) is 0 Å². The smallest absolute Gasteiger partial charge is 0.460 e. The number of rotatable bonds is 10. The van der Waals surface area contributed by atoms with Crippen LogP contribution in [0.1, 0.15) is 38.3 Å². The normalized spacial score (nSPS) is 13.8. The van der Waals surface area contributed by atoms with E-state index in [9.17, 15) is 66.7 Å². The van der Waals surface area contributed by atoms with Gasteiger partial charge >= 0.3 is 47.7 Å². The molecule has 17 heteroatoms. The van der Waals surface area contributed by atoms with Crippen LogP contribution < -0.4 is 0 Å². The van der Waals surface area contributed by atoms with Gasteiger partial charge in [0.1, 0.15) is 0 Å². The van der Waals surface area contributed by atoms with Gasteiger partial charge in [-0.3, -0.25) is 0 Å². The Labute approximate surface area is 199 Å². The van der Waals surface area contributed by atoms with Crippen molar-refractivity contribution >= 4 is 18.0 Å². The molecule has 0 radical (unpaired) electrons. The van der Waals surface area contributed by atoms with Gasteiger partial charge in [-0.05, 0) is 29.7 Å². The highest BCUT2D eigenvalue weighted by Gasteiger charge is 2.90. The molecule has 0 saturated carbocycles. The second-order valence-corrected chi connectivity index (χ2v) is 7.28. The van der Waals surface area contributed by atoms with E-state index in [1.165, 1.54) is 0 Å². The van der Waals surface area contributed by atoms with Gasteiger partial charge in [-0.25, -0.2) is 9.59 Å². The Bertz CT molecular complexity index is 1050. The quantitative estimate of drug-likeness (QED) is 0.238. The summed E-state index contributed by atoms with van der Waals surface area (Å²) in [7, 11) is 1.61. The van der Waals surface area contributed by atoms with Crippen LogP contribution in [0.15, 0.2) is 18.7 Å². The molecule has 1 rings (SSSR count). The van der Waals surface area contributed by atoms with Gasteiger partial charge in [0.15, 0.2) is 0 Å². The van der Waals surface area contributed by atoms with Crippen LogP contribution in [0.5, 0.6) is 0 Å². The molecule has 0 N–H and O–H groups in total. The van der Waals surface area contributed by atoms with Crippen molar-refractivity contribution in [2.75, 3.05) is 14.2 Å². The first kappa shape index (κ1) is 32.0. The van der Waals surface area contributed by atoms with Crippen LogP contribution in [0.3, 0.4) is 0 Å². The monoisotopic (exact) mass is 566 g/mol. The summed E-state index contributed by atoms with van der Waals surface area (Å²) >= 11 is 0. The Morgan fingerprint density at radius 1 is 0.730 bits per heavy atom. The van der Waals surface area contributed by atoms with Crippen LogP contribution in [-0.4, -0.2) is 61.9 Å². The number of benzene rings is 1. The van der Waals surface area contributed by atoms with Gasteiger partial charge in [0.2, 0.25) is 0 Å². The molecule has 0 heterocycles. The lowest BCUT2D eigenvalue weighted by Gasteiger charge is -2.39. The zero-order valence-corrected chi connectivity index (χ0v) is 18.4. The van der Waals surface area contributed by atoms with E-state index in [1.54, 1.807) is 0 Å². The van der Waals surface area contributed by atoms with Crippen LogP contribution >= 0.6 is 0 Å². The Hall–Kier alpha value is -3.01. The molecule has 4 nitrogen and oxygen atoms in total. The third-order valence-electron chi connectivity index (χ3n) is 5.01. The number of ether oxygens (including phenoxy) is 2. The van der Waals surface area contributed by atoms with Crippen molar-refractivity contribution in [3.63, 3.8) is 0 Å². The molecular formula is C20H15F13O4. The summed E-state index contributed by atoms with van der Waals surface area (Å²) in [6.07, 6.45) is -10.8. The maximum absolute atomic E-state index is 14.2. The topological polar surface area (TPSA) is 52.6 Å². The van der Waals surface area contributed by atoms with Crippen LogP contribution in [0.2, 0.25) is 0 Å². The third kappa shape index (κ3) is 5.21. The first-order chi connectivity index (χ1) is 16.5. The summed E-state index contributed by atoms with van der Waals surface area (Å²) in [5.74, 6) is -40.2. The number of carbonyl (C=O) groups is 2. The molecule has 0 bridgehead atoms. The minimum atomic E-state index is -8.02. The molecule has 0 aliphatic heterocycles. The van der Waals surface area contributed by atoms with E-state index in [0.717, 1.165) is 26.4 Å². The summed E-state index contributed by atoms with van der Waals surface area (Å²) < 4.78 is 182. The fourth-order valence-electron chi connectivity index (χ4n) is 2.87. The highest BCUT2D eigenvalue weighted by Crippen LogP contribution is 2.60. The molecular weight excluding hydrogens is 551 g/mol. The summed E-state index contributed by atoms with van der Waals surface area (Å²) in [5, 5.41) is 0. The molecule has 0 unspecified atom stereocenters. The van der Waals surface area contributed by atoms with Gasteiger partial charge in [0.05, 0.1) is 25.3 Å². The lowest BCUT2D eigenvalue weighted by Crippen LogP contribution is -2.70. The van der Waals surface area contributed by atoms with Gasteiger partial charge in [-0.2, -0.15) is 57.1 Å². The molecule has 1 aromatic rings. The van der Waals surface area contributed by atoms with Crippen molar-refractivity contribution in [1.29, 1.82) is 0 Å². The summed E-state index contributed by atoms with van der Waals surface area (Å²) in [6, 6.07) is 1.36. The van der Waals surface area contributed by atoms with E-state index >= 15 is 0 Å². The molecule has 1 aromatic carbocycles. The molecule has 0 aliphatic rings. The Morgan fingerprint density at radius 2 is 1.16 bits per heavy atom. The summed E-state index contributed by atoms with van der Waals surface area (Å²) in [6.45, 7) is 3.29. The van der Waals surface area contributed by atoms with Crippen LogP contribution in [0.4, 0.5) is 57.1 Å². The Morgan fingerprint density at radius 3 is 1.57 bits per heavy atom. The predicted octanol–water partition coefficient (Wildman–Crippen LogP) is 6.57. The van der Waals surface area contributed by atoms with Gasteiger partial charge in [0, 0.05) is 6.42 Å². The average Bonchev–Trinajstić information content (AvgIpc) is 2.79. The lowest BCUT2D eigenvalue weighted by atomic mass is 9.89. The molecule has 0 atom stereocenters. The van der Waals surface area contributed by atoms with Gasteiger partial charge in [-0.1, -0.05) is 12.7 Å². The fourth-order valence-corrected chi connectivity index (χ4v) is 2.87. The first-order valence-electron chi connectivity index (χ1n) is 9.40. The maximum Gasteiger partial charge on any atom is 0.460 e. The first-order valence-corrected chi connectivity index (χ1v) is 9.40. The number of hydrogen-bond acceptors (Lipinski definition) is 4. The zero-order valence-electron chi connectivity index (χ0n) is 18.4. The van der Waals surface area contributed by atoms with Crippen LogP contribution in [0.25, 0.3) is 6.08 Å². The number of methoxy groups -OCH3 is 2. The number of aryl methyl sites for hydroxylation is 1. The molecule has 0 saturated heterocycles. The van der Waals surface area contributed by atoms with Crippen LogP contribution in [-0.2, 0) is 15.9 Å². The third-order valence-corrected chi connectivity index (χ3v) is 5.01. The van der Waals surface area contributed by atoms with Gasteiger partial charge in [-0.15, -0.1) is 0 Å². The molecule has 37 heavy (non-hydrogen) atoms. The second-order valence-electron chi connectivity index (χ2n) is 7.28. The van der Waals surface area contributed by atoms with Crippen molar-refractivity contribution in [1.82, 2.24) is 0 Å². The fraction of sp³-hybridized carbons (Fsp3) is 0.500. The molecule has 0 amide bonds. The number of halogens is 13. The summed E-state index contributed by atoms with van der Waals surface area (Å²) in [5.41, 5.74) is -2.21. The highest BCUT2D eigenvalue weighted by atomic mass is 19.4. The summed E-state index contributed by atoms with van der Waals surface area (Å²) in [4.78, 5) is 23.8. The maximum atomic E-state index is 14.2. The van der Waals surface area contributed by atoms with Crippen LogP contribution in [0, 0.1) is 0 Å². The average molecular weight is 566 g/mol. The van der Waals surface area contributed by atoms with E-state index < -0.39 is 77.3 Å². The van der Waals surface area contributed by atoms with E-state index in [-0.39, 0.29) is 5.56 Å². The minimum Gasteiger partial charge on any atom is -0.465 e. The zero-order chi connectivity index (χ0) is 29.4. The van der Waals surface area contributed by atoms with Gasteiger partial charge < -0.3 is 9.47 Å². The Kier molecular flexibility index (Phi) is 8.69. The van der Waals surface area contributed by atoms with E-state index in [4.69, 9.17) is 0 Å². The van der Waals surface area contributed by atoms with Crippen molar-refractivity contribution in [3.8, 4) is 0 Å².